The molecular weight excluding hydrogens is 276 g/mol. The zero-order chi connectivity index (χ0) is 15.2. The van der Waals surface area contributed by atoms with Gasteiger partial charge in [-0.2, -0.15) is 0 Å². The van der Waals surface area contributed by atoms with E-state index in [1.807, 2.05) is 13.8 Å². The van der Waals surface area contributed by atoms with Gasteiger partial charge in [0.2, 0.25) is 10.0 Å². The summed E-state index contributed by atoms with van der Waals surface area (Å²) in [6.07, 6.45) is 2.81. The van der Waals surface area contributed by atoms with Crippen LogP contribution in [-0.4, -0.2) is 38.6 Å². The van der Waals surface area contributed by atoms with Crippen LogP contribution in [0.1, 0.15) is 37.0 Å². The third kappa shape index (κ3) is 4.85. The van der Waals surface area contributed by atoms with Crippen LogP contribution in [-0.2, 0) is 10.0 Å². The minimum absolute atomic E-state index is 0.138. The Morgan fingerprint density at radius 1 is 1.15 bits per heavy atom. The molecule has 0 atom stereocenters. The van der Waals surface area contributed by atoms with E-state index in [0.717, 1.165) is 19.1 Å². The minimum atomic E-state index is -3.40. The van der Waals surface area contributed by atoms with Gasteiger partial charge in [0.1, 0.15) is 0 Å². The second-order valence-corrected chi connectivity index (χ2v) is 6.46. The first-order valence-electron chi connectivity index (χ1n) is 6.75. The first-order valence-corrected chi connectivity index (χ1v) is 8.64. The van der Waals surface area contributed by atoms with Gasteiger partial charge in [-0.15, -0.1) is 0 Å². The van der Waals surface area contributed by atoms with Crippen molar-refractivity contribution in [3.8, 4) is 0 Å². The fourth-order valence-corrected chi connectivity index (χ4v) is 2.56. The Bertz CT molecular complexity index is 549. The first kappa shape index (κ1) is 16.5. The number of nitrogens with zero attached hydrogens (tertiary/aromatic N) is 1. The molecule has 0 aliphatic rings. The summed E-state index contributed by atoms with van der Waals surface area (Å²) in [5.41, 5.74) is 0.719. The topological polar surface area (TPSA) is 66.5 Å². The van der Waals surface area contributed by atoms with E-state index in [9.17, 15) is 13.2 Å². The Morgan fingerprint density at radius 2 is 1.70 bits per heavy atom. The number of hydrogen-bond donors (Lipinski definition) is 1. The van der Waals surface area contributed by atoms with Crippen LogP contribution in [0.5, 0.6) is 0 Å². The summed E-state index contributed by atoms with van der Waals surface area (Å²) in [5, 5.41) is 0. The summed E-state index contributed by atoms with van der Waals surface area (Å²) in [6, 6.07) is 6.68. The van der Waals surface area contributed by atoms with Crippen molar-refractivity contribution in [3.63, 3.8) is 0 Å². The van der Waals surface area contributed by atoms with Gasteiger partial charge in [0.25, 0.3) is 5.91 Å². The van der Waals surface area contributed by atoms with Gasteiger partial charge in [-0.25, -0.2) is 8.42 Å². The molecule has 6 heteroatoms. The van der Waals surface area contributed by atoms with Gasteiger partial charge in [-0.05, 0) is 25.0 Å². The van der Waals surface area contributed by atoms with Gasteiger partial charge in [-0.3, -0.25) is 9.52 Å². The maximum Gasteiger partial charge on any atom is 0.255 e. The molecule has 112 valence electrons. The molecule has 0 bridgehead atoms. The Morgan fingerprint density at radius 3 is 2.20 bits per heavy atom. The zero-order valence-electron chi connectivity index (χ0n) is 12.2. The van der Waals surface area contributed by atoms with Crippen LogP contribution >= 0.6 is 0 Å². The second-order valence-electron chi connectivity index (χ2n) is 4.71. The van der Waals surface area contributed by atoms with E-state index in [-0.39, 0.29) is 5.91 Å². The van der Waals surface area contributed by atoms with Gasteiger partial charge in [0.05, 0.1) is 17.5 Å². The summed E-state index contributed by atoms with van der Waals surface area (Å²) in [7, 11) is -3.40. The van der Waals surface area contributed by atoms with Gasteiger partial charge >= 0.3 is 0 Å². The maximum absolute atomic E-state index is 12.5. The Hall–Kier alpha value is -1.56. The molecule has 0 aromatic heterocycles. The Kier molecular flexibility index (Phi) is 6.01. The van der Waals surface area contributed by atoms with Crippen LogP contribution in [0.3, 0.4) is 0 Å². The molecule has 0 aliphatic carbocycles. The highest BCUT2D eigenvalue weighted by atomic mass is 32.2. The lowest BCUT2D eigenvalue weighted by atomic mass is 10.1. The van der Waals surface area contributed by atoms with Crippen molar-refractivity contribution in [2.24, 2.45) is 0 Å². The molecule has 0 saturated heterocycles. The molecular formula is C14H22N2O3S. The van der Waals surface area contributed by atoms with Gasteiger partial charge in [0, 0.05) is 13.1 Å². The van der Waals surface area contributed by atoms with Crippen LogP contribution < -0.4 is 4.72 Å². The molecule has 0 saturated carbocycles. The SMILES string of the molecule is CCCN(CCC)C(=O)c1ccccc1NS(C)(=O)=O. The summed E-state index contributed by atoms with van der Waals surface area (Å²) in [4.78, 5) is 14.3. The largest absolute Gasteiger partial charge is 0.339 e. The van der Waals surface area contributed by atoms with E-state index in [4.69, 9.17) is 0 Å². The number of carbonyl (C=O) groups is 1. The number of para-hydroxylation sites is 1. The zero-order valence-corrected chi connectivity index (χ0v) is 13.0. The molecule has 0 fully saturated rings. The van der Waals surface area contributed by atoms with Crippen molar-refractivity contribution in [2.45, 2.75) is 26.7 Å². The average molecular weight is 298 g/mol. The number of sulfonamides is 1. The molecule has 5 nitrogen and oxygen atoms in total. The van der Waals surface area contributed by atoms with Gasteiger partial charge in [-0.1, -0.05) is 26.0 Å². The molecule has 1 aromatic rings. The Balaban J connectivity index is 3.08. The summed E-state index contributed by atoms with van der Waals surface area (Å²) in [5.74, 6) is -0.138. The van der Waals surface area contributed by atoms with Crippen LogP contribution in [0.4, 0.5) is 5.69 Å². The van der Waals surface area contributed by atoms with Crippen molar-refractivity contribution in [3.05, 3.63) is 29.8 Å². The fraction of sp³-hybridized carbons (Fsp3) is 0.500. The normalized spacial score (nSPS) is 11.2. The minimum Gasteiger partial charge on any atom is -0.339 e. The average Bonchev–Trinajstić information content (AvgIpc) is 2.36. The third-order valence-electron chi connectivity index (χ3n) is 2.73. The van der Waals surface area contributed by atoms with Gasteiger partial charge in [0.15, 0.2) is 0 Å². The molecule has 1 rings (SSSR count). The van der Waals surface area contributed by atoms with Crippen molar-refractivity contribution < 1.29 is 13.2 Å². The van der Waals surface area contributed by atoms with Crippen LogP contribution in [0, 0.1) is 0 Å². The predicted molar refractivity (Wildman–Crippen MR) is 81.4 cm³/mol. The molecule has 0 spiro atoms. The molecule has 20 heavy (non-hydrogen) atoms. The highest BCUT2D eigenvalue weighted by Gasteiger charge is 2.18. The smallest absolute Gasteiger partial charge is 0.255 e. The van der Waals surface area contributed by atoms with E-state index in [1.165, 1.54) is 0 Å². The number of amides is 1. The molecule has 1 aromatic carbocycles. The van der Waals surface area contributed by atoms with E-state index < -0.39 is 10.0 Å². The molecule has 0 radical (unpaired) electrons. The van der Waals surface area contributed by atoms with Crippen LogP contribution in [0.25, 0.3) is 0 Å². The van der Waals surface area contributed by atoms with E-state index in [2.05, 4.69) is 4.72 Å². The molecule has 1 N–H and O–H groups in total. The quantitative estimate of drug-likeness (QED) is 0.840. The van der Waals surface area contributed by atoms with E-state index in [1.54, 1.807) is 29.2 Å². The number of nitrogens with one attached hydrogen (secondary N) is 1. The molecule has 0 heterocycles. The van der Waals surface area contributed by atoms with Crippen LogP contribution in [0.2, 0.25) is 0 Å². The van der Waals surface area contributed by atoms with Crippen molar-refractivity contribution in [1.29, 1.82) is 0 Å². The number of rotatable bonds is 7. The van der Waals surface area contributed by atoms with Crippen molar-refractivity contribution in [1.82, 2.24) is 4.90 Å². The first-order chi connectivity index (χ1) is 9.39. The third-order valence-corrected chi connectivity index (χ3v) is 3.32. The maximum atomic E-state index is 12.5. The van der Waals surface area contributed by atoms with Crippen molar-refractivity contribution in [2.75, 3.05) is 24.1 Å². The van der Waals surface area contributed by atoms with Crippen LogP contribution in [0.15, 0.2) is 24.3 Å². The molecule has 0 aliphatic heterocycles. The number of hydrogen-bond acceptors (Lipinski definition) is 3. The fourth-order valence-electron chi connectivity index (χ4n) is 1.98. The van der Waals surface area contributed by atoms with Crippen molar-refractivity contribution >= 4 is 21.6 Å². The summed E-state index contributed by atoms with van der Waals surface area (Å²) in [6.45, 7) is 5.35. The predicted octanol–water partition coefficient (Wildman–Crippen LogP) is 2.32. The number of anilines is 1. The number of carbonyl (C=O) groups excluding carboxylic acids is 1. The van der Waals surface area contributed by atoms with Gasteiger partial charge < -0.3 is 4.90 Å². The van der Waals surface area contributed by atoms with E-state index in [0.29, 0.717) is 24.3 Å². The Labute approximate surface area is 121 Å². The number of benzene rings is 1. The lowest BCUT2D eigenvalue weighted by Crippen LogP contribution is -2.33. The highest BCUT2D eigenvalue weighted by Crippen LogP contribution is 2.18. The monoisotopic (exact) mass is 298 g/mol. The summed E-state index contributed by atoms with van der Waals surface area (Å²) >= 11 is 0. The lowest BCUT2D eigenvalue weighted by Gasteiger charge is -2.22. The highest BCUT2D eigenvalue weighted by molar-refractivity contribution is 7.92. The lowest BCUT2D eigenvalue weighted by molar-refractivity contribution is 0.0756. The second kappa shape index (κ2) is 7.28. The summed E-state index contributed by atoms with van der Waals surface area (Å²) < 4.78 is 25.1. The van der Waals surface area contributed by atoms with E-state index >= 15 is 0 Å². The molecule has 0 unspecified atom stereocenters. The molecule has 1 amide bonds. The standard InChI is InChI=1S/C14H22N2O3S/c1-4-10-16(11-5-2)14(17)12-8-6-7-9-13(12)15-20(3,18)19/h6-9,15H,4-5,10-11H2,1-3H3.